The Labute approximate surface area is 122 Å². The largest absolute Gasteiger partial charge is 0.480 e. The molecule has 1 rings (SSSR count). The fourth-order valence-corrected chi connectivity index (χ4v) is 2.69. The lowest BCUT2D eigenvalue weighted by molar-refractivity contribution is -0.138. The van der Waals surface area contributed by atoms with Crippen molar-refractivity contribution >= 4 is 22.4 Å². The number of methoxy groups -OCH3 is 2. The van der Waals surface area contributed by atoms with Crippen LogP contribution in [0.25, 0.3) is 0 Å². The van der Waals surface area contributed by atoms with Crippen LogP contribution in [0.5, 0.6) is 0 Å². The molecular weight excluding hydrogens is 282 g/mol. The molecule has 0 bridgehead atoms. The third-order valence-electron chi connectivity index (χ3n) is 2.82. The van der Waals surface area contributed by atoms with Crippen LogP contribution in [0.2, 0.25) is 0 Å². The molecule has 0 saturated heterocycles. The molecule has 0 aliphatic carbocycles. The van der Waals surface area contributed by atoms with Crippen LogP contribution in [0.4, 0.5) is 5.13 Å². The lowest BCUT2D eigenvalue weighted by Crippen LogP contribution is -2.38. The number of rotatable bonds is 9. The zero-order chi connectivity index (χ0) is 15.1. The van der Waals surface area contributed by atoms with Crippen LogP contribution in [0.3, 0.4) is 0 Å². The predicted octanol–water partition coefficient (Wildman–Crippen LogP) is 0.715. The minimum absolute atomic E-state index is 0.107. The second-order valence-corrected chi connectivity index (χ2v) is 5.20. The maximum Gasteiger partial charge on any atom is 0.326 e. The smallest absolute Gasteiger partial charge is 0.326 e. The summed E-state index contributed by atoms with van der Waals surface area (Å²) in [5.74, 6) is -1.09. The van der Waals surface area contributed by atoms with E-state index in [1.807, 2.05) is 11.8 Å². The highest BCUT2D eigenvalue weighted by Gasteiger charge is 2.22. The quantitative estimate of drug-likeness (QED) is 0.693. The number of carbonyl (C=O) groups is 1. The van der Waals surface area contributed by atoms with Gasteiger partial charge in [-0.1, -0.05) is 0 Å². The first kappa shape index (κ1) is 16.8. The van der Waals surface area contributed by atoms with Crippen LogP contribution in [0, 0.1) is 0 Å². The average molecular weight is 303 g/mol. The molecule has 0 radical (unpaired) electrons. The Balaban J connectivity index is 2.87. The zero-order valence-electron chi connectivity index (χ0n) is 11.9. The predicted molar refractivity (Wildman–Crippen MR) is 77.2 cm³/mol. The Kier molecular flexibility index (Phi) is 6.86. The van der Waals surface area contributed by atoms with Crippen LogP contribution in [-0.2, 0) is 14.3 Å². The van der Waals surface area contributed by atoms with Crippen molar-refractivity contribution in [3.8, 4) is 0 Å². The number of hydrogen-bond acceptors (Lipinski definition) is 7. The molecule has 114 valence electrons. The molecule has 0 amide bonds. The van der Waals surface area contributed by atoms with Crippen molar-refractivity contribution in [1.29, 1.82) is 0 Å². The number of thiazole rings is 1. The second kappa shape index (κ2) is 8.15. The minimum Gasteiger partial charge on any atom is -0.480 e. The van der Waals surface area contributed by atoms with Gasteiger partial charge in [-0.2, -0.15) is 0 Å². The Morgan fingerprint density at radius 1 is 1.55 bits per heavy atom. The van der Waals surface area contributed by atoms with Crippen molar-refractivity contribution in [3.63, 3.8) is 0 Å². The lowest BCUT2D eigenvalue weighted by atomic mass is 10.2. The molecule has 1 aromatic rings. The van der Waals surface area contributed by atoms with Crippen molar-refractivity contribution in [2.45, 2.75) is 19.0 Å². The molecule has 0 fully saturated rings. The summed E-state index contributed by atoms with van der Waals surface area (Å²) in [5.41, 5.74) is 5.93. The van der Waals surface area contributed by atoms with Crippen molar-refractivity contribution < 1.29 is 19.4 Å². The number of carboxylic acids is 1. The highest BCUT2D eigenvalue weighted by atomic mass is 32.1. The third-order valence-corrected chi connectivity index (χ3v) is 3.71. The molecule has 2 atom stereocenters. The van der Waals surface area contributed by atoms with Gasteiger partial charge in [0, 0.05) is 26.1 Å². The van der Waals surface area contributed by atoms with E-state index < -0.39 is 12.0 Å². The summed E-state index contributed by atoms with van der Waals surface area (Å²) in [6.07, 6.45) is 0. The zero-order valence-corrected chi connectivity index (χ0v) is 12.7. The van der Waals surface area contributed by atoms with E-state index in [-0.39, 0.29) is 6.04 Å². The normalized spacial score (nSPS) is 14.0. The number of anilines is 1. The van der Waals surface area contributed by atoms with Gasteiger partial charge in [-0.25, -0.2) is 4.98 Å². The van der Waals surface area contributed by atoms with Gasteiger partial charge in [0.05, 0.1) is 24.9 Å². The van der Waals surface area contributed by atoms with Crippen LogP contribution in [0.1, 0.15) is 18.7 Å². The van der Waals surface area contributed by atoms with Crippen molar-refractivity contribution in [2.75, 3.05) is 38.9 Å². The average Bonchev–Trinajstić information content (AvgIpc) is 2.88. The number of carboxylic acid groups (broad SMARTS) is 1. The van der Waals surface area contributed by atoms with Crippen LogP contribution in [0.15, 0.2) is 5.38 Å². The molecule has 7 nitrogen and oxygen atoms in total. The lowest BCUT2D eigenvalue weighted by Gasteiger charge is -2.28. The topological polar surface area (TPSA) is 97.9 Å². The van der Waals surface area contributed by atoms with E-state index in [4.69, 9.17) is 20.3 Å². The molecule has 8 heteroatoms. The van der Waals surface area contributed by atoms with Gasteiger partial charge in [-0.3, -0.25) is 4.79 Å². The summed E-state index contributed by atoms with van der Waals surface area (Å²) in [5, 5.41) is 11.3. The Bertz CT molecular complexity index is 427. The first-order valence-electron chi connectivity index (χ1n) is 6.19. The Hall–Kier alpha value is -1.22. The van der Waals surface area contributed by atoms with E-state index in [9.17, 15) is 4.79 Å². The van der Waals surface area contributed by atoms with E-state index >= 15 is 0 Å². The summed E-state index contributed by atoms with van der Waals surface area (Å²) >= 11 is 1.37. The maximum absolute atomic E-state index is 10.9. The van der Waals surface area contributed by atoms with Gasteiger partial charge < -0.3 is 25.2 Å². The highest BCUT2D eigenvalue weighted by Crippen LogP contribution is 2.25. The molecule has 20 heavy (non-hydrogen) atoms. The molecule has 1 aromatic heterocycles. The van der Waals surface area contributed by atoms with Crippen molar-refractivity contribution in [3.05, 3.63) is 11.1 Å². The number of aromatic nitrogens is 1. The highest BCUT2D eigenvalue weighted by molar-refractivity contribution is 7.13. The van der Waals surface area contributed by atoms with Gasteiger partial charge in [-0.05, 0) is 6.92 Å². The summed E-state index contributed by atoms with van der Waals surface area (Å²) in [7, 11) is 3.27. The number of ether oxygens (including phenoxy) is 2. The number of aliphatic carboxylic acids is 1. The van der Waals surface area contributed by atoms with Gasteiger partial charge in [0.25, 0.3) is 0 Å². The molecule has 0 spiro atoms. The van der Waals surface area contributed by atoms with Gasteiger partial charge >= 0.3 is 5.97 Å². The fraction of sp³-hybridized carbons (Fsp3) is 0.667. The molecule has 1 heterocycles. The van der Waals surface area contributed by atoms with Gasteiger partial charge in [0.1, 0.15) is 6.04 Å². The van der Waals surface area contributed by atoms with E-state index in [0.29, 0.717) is 25.5 Å². The number of hydrogen-bond donors (Lipinski definition) is 2. The molecular formula is C12H21N3O4S. The summed E-state index contributed by atoms with van der Waals surface area (Å²) in [6.45, 7) is 3.76. The van der Waals surface area contributed by atoms with Crippen LogP contribution >= 0.6 is 11.3 Å². The van der Waals surface area contributed by atoms with Gasteiger partial charge in [0.15, 0.2) is 5.13 Å². The molecule has 3 N–H and O–H groups in total. The SMILES string of the molecule is COCCN(c1nc(C(N)C(=O)O)cs1)C(C)COC. The standard InChI is InChI=1S/C12H21N3O4S/c1-8(6-19-3)15(4-5-18-2)12-14-9(7-20-12)10(13)11(16)17/h7-8,10H,4-6,13H2,1-3H3,(H,16,17). The van der Waals surface area contributed by atoms with Crippen molar-refractivity contribution in [2.24, 2.45) is 5.73 Å². The van der Waals surface area contributed by atoms with E-state index in [2.05, 4.69) is 4.98 Å². The van der Waals surface area contributed by atoms with E-state index in [0.717, 1.165) is 5.13 Å². The number of nitrogens with zero attached hydrogens (tertiary/aromatic N) is 2. The Morgan fingerprint density at radius 3 is 2.80 bits per heavy atom. The van der Waals surface area contributed by atoms with Gasteiger partial charge in [0.2, 0.25) is 0 Å². The first-order chi connectivity index (χ1) is 9.51. The van der Waals surface area contributed by atoms with Crippen LogP contribution < -0.4 is 10.6 Å². The summed E-state index contributed by atoms with van der Waals surface area (Å²) in [6, 6.07) is -0.989. The van der Waals surface area contributed by atoms with E-state index in [1.165, 1.54) is 11.3 Å². The molecule has 0 aromatic carbocycles. The second-order valence-electron chi connectivity index (χ2n) is 4.36. The summed E-state index contributed by atoms with van der Waals surface area (Å²) in [4.78, 5) is 17.2. The number of nitrogens with two attached hydrogens (primary N) is 1. The molecule has 0 saturated carbocycles. The molecule has 0 aliphatic rings. The van der Waals surface area contributed by atoms with Gasteiger partial charge in [-0.15, -0.1) is 11.3 Å². The van der Waals surface area contributed by atoms with E-state index in [1.54, 1.807) is 19.6 Å². The minimum atomic E-state index is -1.10. The third kappa shape index (κ3) is 4.41. The summed E-state index contributed by atoms with van der Waals surface area (Å²) < 4.78 is 10.2. The molecule has 0 aliphatic heterocycles. The Morgan fingerprint density at radius 2 is 2.25 bits per heavy atom. The fourth-order valence-electron chi connectivity index (χ4n) is 1.70. The van der Waals surface area contributed by atoms with Crippen LogP contribution in [-0.4, -0.2) is 56.1 Å². The van der Waals surface area contributed by atoms with Crippen molar-refractivity contribution in [1.82, 2.24) is 4.98 Å². The molecule has 2 unspecified atom stereocenters. The maximum atomic E-state index is 10.9. The first-order valence-corrected chi connectivity index (χ1v) is 7.07. The monoisotopic (exact) mass is 303 g/mol.